The topological polar surface area (TPSA) is 59.8 Å². The summed E-state index contributed by atoms with van der Waals surface area (Å²) in [5.74, 6) is 2.12. The third-order valence-corrected chi connectivity index (χ3v) is 5.97. The number of aryl methyl sites for hydroxylation is 1. The van der Waals surface area contributed by atoms with E-state index in [9.17, 15) is 5.11 Å². The van der Waals surface area contributed by atoms with E-state index in [1.807, 2.05) is 72.3 Å². The van der Waals surface area contributed by atoms with Crippen LogP contribution in [0.3, 0.4) is 0 Å². The highest BCUT2D eigenvalue weighted by Gasteiger charge is 2.32. The van der Waals surface area contributed by atoms with E-state index in [4.69, 9.17) is 14.6 Å². The normalized spacial score (nSPS) is 14.3. The number of para-hydroxylation sites is 1. The molecule has 0 saturated heterocycles. The standard InChI is InChI=1S/C27H33N3O3/c1-4-5-12-23(31)18-29(21-15-16-21)19-26-20(2)28-30(22-10-7-6-8-11-22)27(26)33-25-14-9-13-24(17-25)32-3/h4,6-11,13-14,17,21,23,31H,1,5,12,15-16,18-19H2,2-3H3/t23-/m1/s1. The molecule has 0 radical (unpaired) electrons. The van der Waals surface area contributed by atoms with Gasteiger partial charge in [0.05, 0.1) is 30.2 Å². The zero-order chi connectivity index (χ0) is 23.2. The Morgan fingerprint density at radius 1 is 1.18 bits per heavy atom. The summed E-state index contributed by atoms with van der Waals surface area (Å²) < 4.78 is 13.7. The van der Waals surface area contributed by atoms with E-state index in [1.54, 1.807) is 7.11 Å². The molecule has 6 nitrogen and oxygen atoms in total. The van der Waals surface area contributed by atoms with Crippen molar-refractivity contribution < 1.29 is 14.6 Å². The van der Waals surface area contributed by atoms with Crippen LogP contribution in [0, 0.1) is 6.92 Å². The second-order valence-electron chi connectivity index (χ2n) is 8.58. The van der Waals surface area contributed by atoms with Gasteiger partial charge < -0.3 is 14.6 Å². The molecule has 33 heavy (non-hydrogen) atoms. The molecule has 0 bridgehead atoms. The molecule has 1 aliphatic carbocycles. The van der Waals surface area contributed by atoms with Crippen molar-refractivity contribution in [2.45, 2.75) is 51.3 Å². The van der Waals surface area contributed by atoms with Crippen molar-refractivity contribution in [2.75, 3.05) is 13.7 Å². The van der Waals surface area contributed by atoms with E-state index in [1.165, 1.54) is 0 Å². The minimum atomic E-state index is -0.379. The maximum absolute atomic E-state index is 10.6. The first-order valence-corrected chi connectivity index (χ1v) is 11.6. The minimum absolute atomic E-state index is 0.379. The Hall–Kier alpha value is -3.09. The number of methoxy groups -OCH3 is 1. The maximum atomic E-state index is 10.6. The molecule has 6 heteroatoms. The zero-order valence-corrected chi connectivity index (χ0v) is 19.5. The fraction of sp³-hybridized carbons (Fsp3) is 0.370. The average Bonchev–Trinajstić information content (AvgIpc) is 3.64. The van der Waals surface area contributed by atoms with E-state index >= 15 is 0 Å². The molecule has 1 atom stereocenters. The van der Waals surface area contributed by atoms with Gasteiger partial charge in [0.25, 0.3) is 0 Å². The molecule has 0 aliphatic heterocycles. The van der Waals surface area contributed by atoms with Gasteiger partial charge in [-0.1, -0.05) is 30.3 Å². The van der Waals surface area contributed by atoms with Gasteiger partial charge in [-0.2, -0.15) is 5.10 Å². The largest absolute Gasteiger partial charge is 0.497 e. The van der Waals surface area contributed by atoms with Crippen LogP contribution in [-0.2, 0) is 6.54 Å². The lowest BCUT2D eigenvalue weighted by Gasteiger charge is -2.25. The van der Waals surface area contributed by atoms with E-state index < -0.39 is 0 Å². The number of hydrogen-bond donors (Lipinski definition) is 1. The number of benzene rings is 2. The molecule has 3 aromatic rings. The minimum Gasteiger partial charge on any atom is -0.497 e. The molecule has 1 saturated carbocycles. The fourth-order valence-electron chi connectivity index (χ4n) is 4.00. The van der Waals surface area contributed by atoms with Gasteiger partial charge in [-0.25, -0.2) is 4.68 Å². The van der Waals surface area contributed by atoms with Crippen LogP contribution >= 0.6 is 0 Å². The fourth-order valence-corrected chi connectivity index (χ4v) is 4.00. The quantitative estimate of drug-likeness (QED) is 0.383. The van der Waals surface area contributed by atoms with Gasteiger partial charge in [0.15, 0.2) is 0 Å². The van der Waals surface area contributed by atoms with Gasteiger partial charge >= 0.3 is 0 Å². The lowest BCUT2D eigenvalue weighted by molar-refractivity contribution is 0.0975. The third kappa shape index (κ3) is 5.83. The molecule has 0 amide bonds. The molecular weight excluding hydrogens is 414 g/mol. The lowest BCUT2D eigenvalue weighted by atomic mass is 10.1. The monoisotopic (exact) mass is 447 g/mol. The van der Waals surface area contributed by atoms with E-state index in [2.05, 4.69) is 11.5 Å². The molecule has 1 N–H and O–H groups in total. The third-order valence-electron chi connectivity index (χ3n) is 5.97. The Kier molecular flexibility index (Phi) is 7.47. The highest BCUT2D eigenvalue weighted by molar-refractivity contribution is 5.44. The second kappa shape index (κ2) is 10.7. The van der Waals surface area contributed by atoms with Gasteiger partial charge in [0, 0.05) is 25.2 Å². The maximum Gasteiger partial charge on any atom is 0.227 e. The van der Waals surface area contributed by atoms with Gasteiger partial charge in [-0.05, 0) is 56.9 Å². The Labute approximate surface area is 196 Å². The van der Waals surface area contributed by atoms with Gasteiger partial charge in [-0.3, -0.25) is 4.90 Å². The van der Waals surface area contributed by atoms with Crippen molar-refractivity contribution in [3.05, 3.63) is 78.5 Å². The SMILES string of the molecule is C=CCC[C@@H](O)CN(Cc1c(C)nn(-c2ccccc2)c1Oc1cccc(OC)c1)C1CC1. The molecule has 1 aliphatic rings. The van der Waals surface area contributed by atoms with E-state index in [-0.39, 0.29) is 6.10 Å². The molecule has 1 fully saturated rings. The summed E-state index contributed by atoms with van der Waals surface area (Å²) in [5, 5.41) is 15.4. The van der Waals surface area contributed by atoms with Crippen LogP contribution in [0.4, 0.5) is 0 Å². The highest BCUT2D eigenvalue weighted by Crippen LogP contribution is 2.35. The predicted molar refractivity (Wildman–Crippen MR) is 130 cm³/mol. The van der Waals surface area contributed by atoms with Crippen molar-refractivity contribution in [2.24, 2.45) is 0 Å². The van der Waals surface area contributed by atoms with Gasteiger partial charge in [0.2, 0.25) is 5.88 Å². The number of aliphatic hydroxyl groups is 1. The average molecular weight is 448 g/mol. The summed E-state index contributed by atoms with van der Waals surface area (Å²) in [7, 11) is 1.65. The molecular formula is C27H33N3O3. The molecule has 1 heterocycles. The number of aromatic nitrogens is 2. The van der Waals surface area contributed by atoms with Crippen LogP contribution in [0.1, 0.15) is 36.9 Å². The number of nitrogens with zero attached hydrogens (tertiary/aromatic N) is 3. The number of rotatable bonds is 12. The zero-order valence-electron chi connectivity index (χ0n) is 19.5. The van der Waals surface area contributed by atoms with Gasteiger partial charge in [-0.15, -0.1) is 6.58 Å². The van der Waals surface area contributed by atoms with Crippen LogP contribution in [0.15, 0.2) is 67.3 Å². The summed E-state index contributed by atoms with van der Waals surface area (Å²) in [6.07, 6.45) is 5.34. The summed E-state index contributed by atoms with van der Waals surface area (Å²) in [6.45, 7) is 7.10. The van der Waals surface area contributed by atoms with Crippen molar-refractivity contribution in [3.63, 3.8) is 0 Å². The summed E-state index contributed by atoms with van der Waals surface area (Å²) >= 11 is 0. The molecule has 0 unspecified atom stereocenters. The van der Waals surface area contributed by atoms with Crippen molar-refractivity contribution in [3.8, 4) is 23.1 Å². The lowest BCUT2D eigenvalue weighted by Crippen LogP contribution is -2.34. The summed E-state index contributed by atoms with van der Waals surface area (Å²) in [4.78, 5) is 2.37. The predicted octanol–water partition coefficient (Wildman–Crippen LogP) is 5.27. The first-order valence-electron chi connectivity index (χ1n) is 11.6. The number of ether oxygens (including phenoxy) is 2. The van der Waals surface area contributed by atoms with Gasteiger partial charge in [0.1, 0.15) is 11.5 Å². The first-order chi connectivity index (χ1) is 16.1. The smallest absolute Gasteiger partial charge is 0.227 e. The van der Waals surface area contributed by atoms with E-state index in [0.717, 1.165) is 48.4 Å². The Bertz CT molecular complexity index is 1060. The van der Waals surface area contributed by atoms with Crippen LogP contribution < -0.4 is 9.47 Å². The number of allylic oxidation sites excluding steroid dienone is 1. The Morgan fingerprint density at radius 2 is 1.94 bits per heavy atom. The Balaban J connectivity index is 1.67. The molecule has 2 aromatic carbocycles. The molecule has 4 rings (SSSR count). The summed E-state index contributed by atoms with van der Waals surface area (Å²) in [5.41, 5.74) is 2.89. The summed E-state index contributed by atoms with van der Waals surface area (Å²) in [6, 6.07) is 18.1. The first kappa shape index (κ1) is 23.1. The Morgan fingerprint density at radius 3 is 2.64 bits per heavy atom. The van der Waals surface area contributed by atoms with Crippen LogP contribution in [0.5, 0.6) is 17.4 Å². The number of hydrogen-bond acceptors (Lipinski definition) is 5. The van der Waals surface area contributed by atoms with Crippen LogP contribution in [0.25, 0.3) is 5.69 Å². The highest BCUT2D eigenvalue weighted by atomic mass is 16.5. The van der Waals surface area contributed by atoms with Crippen molar-refractivity contribution in [1.82, 2.24) is 14.7 Å². The van der Waals surface area contributed by atoms with Crippen molar-refractivity contribution >= 4 is 0 Å². The van der Waals surface area contributed by atoms with E-state index in [0.29, 0.717) is 30.8 Å². The van der Waals surface area contributed by atoms with Crippen molar-refractivity contribution in [1.29, 1.82) is 0 Å². The number of aliphatic hydroxyl groups excluding tert-OH is 1. The molecule has 0 spiro atoms. The van der Waals surface area contributed by atoms with Crippen LogP contribution in [0.2, 0.25) is 0 Å². The van der Waals surface area contributed by atoms with Crippen LogP contribution in [-0.4, -0.2) is 45.6 Å². The molecule has 174 valence electrons. The molecule has 1 aromatic heterocycles. The second-order valence-corrected chi connectivity index (χ2v) is 8.58.